The lowest BCUT2D eigenvalue weighted by atomic mass is 10.2. The van der Waals surface area contributed by atoms with Gasteiger partial charge in [-0.05, 0) is 6.92 Å². The zero-order valence-corrected chi connectivity index (χ0v) is 8.46. The Morgan fingerprint density at radius 2 is 2.50 bits per heavy atom. The number of nitrogens with one attached hydrogen (secondary N) is 2. The van der Waals surface area contributed by atoms with Crippen LogP contribution in [0.25, 0.3) is 0 Å². The van der Waals surface area contributed by atoms with Gasteiger partial charge in [-0.25, -0.2) is 0 Å². The molecule has 5 heteroatoms. The zero-order chi connectivity index (χ0) is 10.4. The van der Waals surface area contributed by atoms with Crippen LogP contribution in [0.2, 0.25) is 0 Å². The topological polar surface area (TPSA) is 67.0 Å². The SMILES string of the molecule is COCCC(=O)NCc1cn[nH]c1C. The third kappa shape index (κ3) is 3.18. The number of carbonyl (C=O) groups is 1. The number of hydrogen-bond acceptors (Lipinski definition) is 3. The molecule has 1 heterocycles. The first-order chi connectivity index (χ1) is 6.74. The Hall–Kier alpha value is -1.36. The summed E-state index contributed by atoms with van der Waals surface area (Å²) >= 11 is 0. The van der Waals surface area contributed by atoms with E-state index < -0.39 is 0 Å². The molecule has 0 bridgehead atoms. The number of aromatic nitrogens is 2. The molecule has 78 valence electrons. The molecule has 0 aromatic carbocycles. The van der Waals surface area contributed by atoms with Crippen LogP contribution in [0.1, 0.15) is 17.7 Å². The number of hydrogen-bond donors (Lipinski definition) is 2. The predicted octanol–water partition coefficient (Wildman–Crippen LogP) is 0.371. The molecule has 2 N–H and O–H groups in total. The van der Waals surface area contributed by atoms with Crippen molar-refractivity contribution in [3.63, 3.8) is 0 Å². The lowest BCUT2D eigenvalue weighted by Crippen LogP contribution is -2.23. The summed E-state index contributed by atoms with van der Waals surface area (Å²) in [7, 11) is 1.58. The van der Waals surface area contributed by atoms with Crippen LogP contribution in [0.15, 0.2) is 6.20 Å². The summed E-state index contributed by atoms with van der Waals surface area (Å²) in [5.41, 5.74) is 1.99. The van der Waals surface area contributed by atoms with Gasteiger partial charge in [0.05, 0.1) is 12.8 Å². The first kappa shape index (κ1) is 10.7. The molecular weight excluding hydrogens is 182 g/mol. The summed E-state index contributed by atoms with van der Waals surface area (Å²) in [4.78, 5) is 11.2. The van der Waals surface area contributed by atoms with Gasteiger partial charge in [0, 0.05) is 31.3 Å². The molecular formula is C9H15N3O2. The zero-order valence-electron chi connectivity index (χ0n) is 8.46. The molecule has 5 nitrogen and oxygen atoms in total. The van der Waals surface area contributed by atoms with E-state index >= 15 is 0 Å². The number of H-pyrrole nitrogens is 1. The van der Waals surface area contributed by atoms with Gasteiger partial charge < -0.3 is 10.1 Å². The van der Waals surface area contributed by atoms with Gasteiger partial charge in [0.25, 0.3) is 0 Å². The van der Waals surface area contributed by atoms with E-state index in [-0.39, 0.29) is 5.91 Å². The Morgan fingerprint density at radius 3 is 3.07 bits per heavy atom. The lowest BCUT2D eigenvalue weighted by Gasteiger charge is -2.03. The molecule has 0 radical (unpaired) electrons. The molecule has 0 saturated carbocycles. The second-order valence-corrected chi connectivity index (χ2v) is 3.04. The third-order valence-corrected chi connectivity index (χ3v) is 1.94. The Bertz CT molecular complexity index is 296. The van der Waals surface area contributed by atoms with Crippen molar-refractivity contribution in [2.24, 2.45) is 0 Å². The quantitative estimate of drug-likeness (QED) is 0.716. The normalized spacial score (nSPS) is 10.1. The minimum atomic E-state index is -0.00699. The van der Waals surface area contributed by atoms with Gasteiger partial charge in [-0.3, -0.25) is 9.89 Å². The van der Waals surface area contributed by atoms with Gasteiger partial charge in [0.1, 0.15) is 0 Å². The average molecular weight is 197 g/mol. The summed E-state index contributed by atoms with van der Waals surface area (Å²) in [5, 5.41) is 9.45. The third-order valence-electron chi connectivity index (χ3n) is 1.94. The molecule has 0 saturated heterocycles. The highest BCUT2D eigenvalue weighted by Gasteiger charge is 2.03. The lowest BCUT2D eigenvalue weighted by molar-refractivity contribution is -0.122. The molecule has 0 aliphatic heterocycles. The maximum atomic E-state index is 11.2. The fourth-order valence-electron chi connectivity index (χ4n) is 1.03. The van der Waals surface area contributed by atoms with E-state index in [0.717, 1.165) is 11.3 Å². The monoisotopic (exact) mass is 197 g/mol. The summed E-state index contributed by atoms with van der Waals surface area (Å²) in [6.45, 7) is 2.89. The standard InChI is InChI=1S/C9H15N3O2/c1-7-8(6-11-12-7)5-10-9(13)3-4-14-2/h6H,3-5H2,1-2H3,(H,10,13)(H,11,12). The second-order valence-electron chi connectivity index (χ2n) is 3.04. The van der Waals surface area contributed by atoms with Crippen molar-refractivity contribution in [2.45, 2.75) is 19.9 Å². The van der Waals surface area contributed by atoms with Crippen LogP contribution in [0.5, 0.6) is 0 Å². The van der Waals surface area contributed by atoms with Crippen LogP contribution in [0.4, 0.5) is 0 Å². The van der Waals surface area contributed by atoms with E-state index in [2.05, 4.69) is 15.5 Å². The number of nitrogens with zero attached hydrogens (tertiary/aromatic N) is 1. The molecule has 0 aliphatic rings. The van der Waals surface area contributed by atoms with Gasteiger partial charge in [-0.1, -0.05) is 0 Å². The maximum absolute atomic E-state index is 11.2. The molecule has 1 rings (SSSR count). The summed E-state index contributed by atoms with van der Waals surface area (Å²) in [6, 6.07) is 0. The molecule has 0 atom stereocenters. The van der Waals surface area contributed by atoms with Gasteiger partial charge in [0.2, 0.25) is 5.91 Å². The van der Waals surface area contributed by atoms with Gasteiger partial charge in [-0.15, -0.1) is 0 Å². The van der Waals surface area contributed by atoms with Crippen molar-refractivity contribution in [3.05, 3.63) is 17.5 Å². The smallest absolute Gasteiger partial charge is 0.222 e. The summed E-state index contributed by atoms with van der Waals surface area (Å²) < 4.78 is 4.79. The van der Waals surface area contributed by atoms with Crippen LogP contribution in [-0.4, -0.2) is 29.8 Å². The molecule has 0 fully saturated rings. The number of methoxy groups -OCH3 is 1. The van der Waals surface area contributed by atoms with E-state index in [1.807, 2.05) is 6.92 Å². The van der Waals surface area contributed by atoms with E-state index in [1.165, 1.54) is 0 Å². The van der Waals surface area contributed by atoms with Crippen molar-refractivity contribution >= 4 is 5.91 Å². The van der Waals surface area contributed by atoms with Crippen LogP contribution < -0.4 is 5.32 Å². The van der Waals surface area contributed by atoms with E-state index in [1.54, 1.807) is 13.3 Å². The van der Waals surface area contributed by atoms with Crippen molar-refractivity contribution < 1.29 is 9.53 Å². The predicted molar refractivity (Wildman–Crippen MR) is 51.7 cm³/mol. The van der Waals surface area contributed by atoms with Crippen molar-refractivity contribution in [2.75, 3.05) is 13.7 Å². The first-order valence-electron chi connectivity index (χ1n) is 4.48. The molecule has 0 aliphatic carbocycles. The number of amides is 1. The fraction of sp³-hybridized carbons (Fsp3) is 0.556. The second kappa shape index (κ2) is 5.39. The Kier molecular flexibility index (Phi) is 4.12. The van der Waals surface area contributed by atoms with Crippen LogP contribution in [0, 0.1) is 6.92 Å². The molecule has 1 aromatic rings. The largest absolute Gasteiger partial charge is 0.384 e. The number of carbonyl (C=O) groups excluding carboxylic acids is 1. The highest BCUT2D eigenvalue weighted by atomic mass is 16.5. The molecule has 1 amide bonds. The Labute approximate surface area is 82.8 Å². The van der Waals surface area contributed by atoms with Crippen LogP contribution >= 0.6 is 0 Å². The highest BCUT2D eigenvalue weighted by Crippen LogP contribution is 2.01. The average Bonchev–Trinajstić information content (AvgIpc) is 2.58. The Morgan fingerprint density at radius 1 is 1.71 bits per heavy atom. The minimum absolute atomic E-state index is 0.00699. The van der Waals surface area contributed by atoms with Crippen molar-refractivity contribution in [1.82, 2.24) is 15.5 Å². The van der Waals surface area contributed by atoms with E-state index in [9.17, 15) is 4.79 Å². The minimum Gasteiger partial charge on any atom is -0.384 e. The number of rotatable bonds is 5. The molecule has 1 aromatic heterocycles. The van der Waals surface area contributed by atoms with Crippen molar-refractivity contribution in [3.8, 4) is 0 Å². The van der Waals surface area contributed by atoms with E-state index in [4.69, 9.17) is 4.74 Å². The van der Waals surface area contributed by atoms with Crippen LogP contribution in [0.3, 0.4) is 0 Å². The first-order valence-corrected chi connectivity index (χ1v) is 4.48. The molecule has 14 heavy (non-hydrogen) atoms. The molecule has 0 unspecified atom stereocenters. The maximum Gasteiger partial charge on any atom is 0.222 e. The fourth-order valence-corrected chi connectivity index (χ4v) is 1.03. The van der Waals surface area contributed by atoms with Crippen molar-refractivity contribution in [1.29, 1.82) is 0 Å². The van der Waals surface area contributed by atoms with E-state index in [0.29, 0.717) is 19.6 Å². The summed E-state index contributed by atoms with van der Waals surface area (Å²) in [5.74, 6) is -0.00699. The number of aromatic amines is 1. The number of aryl methyl sites for hydroxylation is 1. The summed E-state index contributed by atoms with van der Waals surface area (Å²) in [6.07, 6.45) is 2.11. The van der Waals surface area contributed by atoms with Gasteiger partial charge in [-0.2, -0.15) is 5.10 Å². The Balaban J connectivity index is 2.27. The van der Waals surface area contributed by atoms with Crippen LogP contribution in [-0.2, 0) is 16.1 Å². The highest BCUT2D eigenvalue weighted by molar-refractivity contribution is 5.75. The van der Waals surface area contributed by atoms with Gasteiger partial charge in [0.15, 0.2) is 0 Å². The molecule has 0 spiro atoms. The number of ether oxygens (including phenoxy) is 1. The van der Waals surface area contributed by atoms with Gasteiger partial charge >= 0.3 is 0 Å².